The molecule has 21 heavy (non-hydrogen) atoms. The predicted molar refractivity (Wildman–Crippen MR) is 78.9 cm³/mol. The topological polar surface area (TPSA) is 40.2 Å². The standard InChI is InChI=1S/C16H23NO4/c1-18-11-13-8-14(19-2)10-17(13)9-12-4-3-5-15-16(12)21-7-6-20-15/h3-5,13-14H,6-11H2,1-2H3/t13-,14+/m0/s1. The zero-order chi connectivity index (χ0) is 14.7. The maximum absolute atomic E-state index is 5.80. The number of likely N-dealkylation sites (tertiary alicyclic amines) is 1. The van der Waals surface area contributed by atoms with Crippen LogP contribution in [0.25, 0.3) is 0 Å². The van der Waals surface area contributed by atoms with Gasteiger partial charge in [0, 0.05) is 38.9 Å². The van der Waals surface area contributed by atoms with Crippen LogP contribution < -0.4 is 9.47 Å². The quantitative estimate of drug-likeness (QED) is 0.826. The van der Waals surface area contributed by atoms with E-state index in [1.807, 2.05) is 12.1 Å². The lowest BCUT2D eigenvalue weighted by Crippen LogP contribution is -2.33. The summed E-state index contributed by atoms with van der Waals surface area (Å²) in [6.07, 6.45) is 1.29. The first-order valence-corrected chi connectivity index (χ1v) is 7.45. The molecule has 0 radical (unpaired) electrons. The average molecular weight is 293 g/mol. The van der Waals surface area contributed by atoms with Gasteiger partial charge in [-0.3, -0.25) is 4.90 Å². The minimum atomic E-state index is 0.279. The first-order chi connectivity index (χ1) is 10.3. The van der Waals surface area contributed by atoms with Crippen molar-refractivity contribution in [1.29, 1.82) is 0 Å². The Kier molecular flexibility index (Phi) is 4.63. The Morgan fingerprint density at radius 2 is 2.10 bits per heavy atom. The molecule has 1 aromatic rings. The van der Waals surface area contributed by atoms with Crippen LogP contribution in [0.3, 0.4) is 0 Å². The fraction of sp³-hybridized carbons (Fsp3) is 0.625. The lowest BCUT2D eigenvalue weighted by atomic mass is 10.1. The Hall–Kier alpha value is -1.30. The highest BCUT2D eigenvalue weighted by Gasteiger charge is 2.32. The lowest BCUT2D eigenvalue weighted by molar-refractivity contribution is 0.104. The van der Waals surface area contributed by atoms with Gasteiger partial charge >= 0.3 is 0 Å². The molecule has 5 heteroatoms. The molecular weight excluding hydrogens is 270 g/mol. The molecule has 2 aliphatic rings. The molecule has 3 rings (SSSR count). The summed E-state index contributed by atoms with van der Waals surface area (Å²) in [6, 6.07) is 6.49. The van der Waals surface area contributed by atoms with Gasteiger partial charge in [-0.25, -0.2) is 0 Å². The van der Waals surface area contributed by atoms with Crippen molar-refractivity contribution in [2.24, 2.45) is 0 Å². The third-order valence-electron chi connectivity index (χ3n) is 4.20. The van der Waals surface area contributed by atoms with Gasteiger partial charge in [0.2, 0.25) is 0 Å². The zero-order valence-electron chi connectivity index (χ0n) is 12.7. The van der Waals surface area contributed by atoms with E-state index >= 15 is 0 Å². The molecule has 116 valence electrons. The summed E-state index contributed by atoms with van der Waals surface area (Å²) >= 11 is 0. The van der Waals surface area contributed by atoms with Crippen LogP contribution in [0.2, 0.25) is 0 Å². The summed E-state index contributed by atoms with van der Waals surface area (Å²) in [6.45, 7) is 3.73. The average Bonchev–Trinajstić information content (AvgIpc) is 2.90. The summed E-state index contributed by atoms with van der Waals surface area (Å²) in [5.74, 6) is 1.74. The second-order valence-corrected chi connectivity index (χ2v) is 5.57. The molecule has 5 nitrogen and oxygen atoms in total. The van der Waals surface area contributed by atoms with Crippen LogP contribution in [0.4, 0.5) is 0 Å². The summed E-state index contributed by atoms with van der Waals surface area (Å²) in [5.41, 5.74) is 1.17. The number of rotatable bonds is 5. The summed E-state index contributed by atoms with van der Waals surface area (Å²) < 4.78 is 22.3. The molecule has 2 aliphatic heterocycles. The van der Waals surface area contributed by atoms with Crippen molar-refractivity contribution in [2.75, 3.05) is 40.6 Å². The van der Waals surface area contributed by atoms with Gasteiger partial charge in [0.25, 0.3) is 0 Å². The maximum Gasteiger partial charge on any atom is 0.165 e. The zero-order valence-corrected chi connectivity index (χ0v) is 12.7. The lowest BCUT2D eigenvalue weighted by Gasteiger charge is -2.26. The Labute approximate surface area is 125 Å². The van der Waals surface area contributed by atoms with E-state index in [0.29, 0.717) is 19.3 Å². The summed E-state index contributed by atoms with van der Waals surface area (Å²) in [4.78, 5) is 2.41. The van der Waals surface area contributed by atoms with Crippen molar-refractivity contribution < 1.29 is 18.9 Å². The van der Waals surface area contributed by atoms with E-state index < -0.39 is 0 Å². The van der Waals surface area contributed by atoms with Gasteiger partial charge in [-0.15, -0.1) is 0 Å². The third kappa shape index (κ3) is 3.15. The number of hydrogen-bond donors (Lipinski definition) is 0. The van der Waals surface area contributed by atoms with E-state index in [1.165, 1.54) is 5.56 Å². The van der Waals surface area contributed by atoms with E-state index in [-0.39, 0.29) is 6.10 Å². The second-order valence-electron chi connectivity index (χ2n) is 5.57. The monoisotopic (exact) mass is 293 g/mol. The largest absolute Gasteiger partial charge is 0.486 e. The Morgan fingerprint density at radius 3 is 2.90 bits per heavy atom. The Bertz CT molecular complexity index is 479. The van der Waals surface area contributed by atoms with E-state index in [1.54, 1.807) is 14.2 Å². The Morgan fingerprint density at radius 1 is 1.24 bits per heavy atom. The van der Waals surface area contributed by atoms with Gasteiger partial charge in [-0.05, 0) is 12.5 Å². The minimum Gasteiger partial charge on any atom is -0.486 e. The van der Waals surface area contributed by atoms with E-state index in [9.17, 15) is 0 Å². The number of benzene rings is 1. The molecule has 1 aromatic carbocycles. The van der Waals surface area contributed by atoms with Crippen molar-refractivity contribution in [3.8, 4) is 11.5 Å². The van der Waals surface area contributed by atoms with Gasteiger partial charge in [0.15, 0.2) is 11.5 Å². The number of nitrogens with zero attached hydrogens (tertiary/aromatic N) is 1. The van der Waals surface area contributed by atoms with Crippen molar-refractivity contribution in [3.05, 3.63) is 23.8 Å². The summed E-state index contributed by atoms with van der Waals surface area (Å²) in [5, 5.41) is 0. The van der Waals surface area contributed by atoms with E-state index in [2.05, 4.69) is 11.0 Å². The van der Waals surface area contributed by atoms with Crippen LogP contribution in [0, 0.1) is 0 Å². The minimum absolute atomic E-state index is 0.279. The second kappa shape index (κ2) is 6.64. The van der Waals surface area contributed by atoms with Gasteiger partial charge in [0.05, 0.1) is 12.7 Å². The highest BCUT2D eigenvalue weighted by atomic mass is 16.6. The molecule has 0 spiro atoms. The highest BCUT2D eigenvalue weighted by molar-refractivity contribution is 5.47. The first-order valence-electron chi connectivity index (χ1n) is 7.45. The molecule has 0 saturated carbocycles. The van der Waals surface area contributed by atoms with Gasteiger partial charge < -0.3 is 18.9 Å². The number of methoxy groups -OCH3 is 2. The molecule has 2 heterocycles. The van der Waals surface area contributed by atoms with Crippen molar-refractivity contribution in [1.82, 2.24) is 4.90 Å². The van der Waals surface area contributed by atoms with Crippen LogP contribution in [-0.4, -0.2) is 57.6 Å². The number of hydrogen-bond acceptors (Lipinski definition) is 5. The van der Waals surface area contributed by atoms with Crippen molar-refractivity contribution in [2.45, 2.75) is 25.1 Å². The number of fused-ring (bicyclic) bond motifs is 1. The van der Waals surface area contributed by atoms with Crippen LogP contribution >= 0.6 is 0 Å². The Balaban J connectivity index is 1.76. The summed E-state index contributed by atoms with van der Waals surface area (Å²) in [7, 11) is 3.53. The maximum atomic E-state index is 5.80. The van der Waals surface area contributed by atoms with Crippen molar-refractivity contribution in [3.63, 3.8) is 0 Å². The fourth-order valence-electron chi connectivity index (χ4n) is 3.15. The highest BCUT2D eigenvalue weighted by Crippen LogP contribution is 2.35. The van der Waals surface area contributed by atoms with Gasteiger partial charge in [-0.1, -0.05) is 12.1 Å². The predicted octanol–water partition coefficient (Wildman–Crippen LogP) is 1.69. The molecule has 0 unspecified atom stereocenters. The molecule has 0 amide bonds. The van der Waals surface area contributed by atoms with E-state index in [0.717, 1.165) is 37.6 Å². The number of para-hydroxylation sites is 1. The molecule has 2 atom stereocenters. The van der Waals surface area contributed by atoms with Crippen molar-refractivity contribution >= 4 is 0 Å². The molecule has 1 fully saturated rings. The van der Waals surface area contributed by atoms with E-state index in [4.69, 9.17) is 18.9 Å². The molecule has 0 N–H and O–H groups in total. The van der Waals surface area contributed by atoms with Crippen LogP contribution in [0.5, 0.6) is 11.5 Å². The normalized spacial score (nSPS) is 25.2. The molecule has 0 aliphatic carbocycles. The molecule has 0 aromatic heterocycles. The van der Waals surface area contributed by atoms with Crippen LogP contribution in [0.15, 0.2) is 18.2 Å². The SMILES string of the molecule is COC[C@@H]1C[C@@H](OC)CN1Cc1cccc2c1OCCO2. The van der Waals surface area contributed by atoms with Gasteiger partial charge in [0.1, 0.15) is 13.2 Å². The third-order valence-corrected chi connectivity index (χ3v) is 4.20. The number of ether oxygens (including phenoxy) is 4. The molecule has 1 saturated heterocycles. The smallest absolute Gasteiger partial charge is 0.165 e. The van der Waals surface area contributed by atoms with Crippen LogP contribution in [-0.2, 0) is 16.0 Å². The van der Waals surface area contributed by atoms with Gasteiger partial charge in [-0.2, -0.15) is 0 Å². The molecule has 0 bridgehead atoms. The fourth-order valence-corrected chi connectivity index (χ4v) is 3.15. The first kappa shape index (κ1) is 14.6. The van der Waals surface area contributed by atoms with Crippen LogP contribution in [0.1, 0.15) is 12.0 Å². The molecular formula is C16H23NO4.